The largest absolute Gasteiger partial charge is 0.373 e. The van der Waals surface area contributed by atoms with Crippen LogP contribution in [0.25, 0.3) is 0 Å². The van der Waals surface area contributed by atoms with Crippen molar-refractivity contribution >= 4 is 5.91 Å². The molecule has 22 heavy (non-hydrogen) atoms. The summed E-state index contributed by atoms with van der Waals surface area (Å²) in [6.07, 6.45) is 4.31. The van der Waals surface area contributed by atoms with Gasteiger partial charge in [-0.2, -0.15) is 5.26 Å². The number of hydrogen-bond donors (Lipinski definition) is 1. The molecule has 6 nitrogen and oxygen atoms in total. The summed E-state index contributed by atoms with van der Waals surface area (Å²) < 4.78 is 5.80. The third kappa shape index (κ3) is 3.67. The number of hydrogen-bond acceptors (Lipinski definition) is 4. The molecule has 0 aromatic carbocycles. The van der Waals surface area contributed by atoms with E-state index in [0.29, 0.717) is 31.0 Å². The van der Waals surface area contributed by atoms with Crippen LogP contribution in [0, 0.1) is 17.2 Å². The van der Waals surface area contributed by atoms with Crippen molar-refractivity contribution in [2.24, 2.45) is 5.92 Å². The first-order valence-electron chi connectivity index (χ1n) is 7.83. The van der Waals surface area contributed by atoms with Crippen molar-refractivity contribution < 1.29 is 9.53 Å². The highest BCUT2D eigenvalue weighted by Gasteiger charge is 2.28. The molecule has 6 heteroatoms. The minimum atomic E-state index is -0.0559. The molecule has 3 rings (SSSR count). The van der Waals surface area contributed by atoms with E-state index in [9.17, 15) is 4.79 Å². The summed E-state index contributed by atoms with van der Waals surface area (Å²) in [5.41, 5.74) is 0.959. The lowest BCUT2D eigenvalue weighted by Gasteiger charge is -2.34. The Hall–Kier alpha value is -1.84. The van der Waals surface area contributed by atoms with E-state index in [1.807, 2.05) is 11.0 Å². The van der Waals surface area contributed by atoms with Crippen LogP contribution in [0.4, 0.5) is 0 Å². The summed E-state index contributed by atoms with van der Waals surface area (Å²) in [5.74, 6) is 0.800. The minimum Gasteiger partial charge on any atom is -0.373 e. The fourth-order valence-corrected chi connectivity index (χ4v) is 2.93. The van der Waals surface area contributed by atoms with Crippen LogP contribution in [0.1, 0.15) is 28.9 Å². The van der Waals surface area contributed by atoms with Crippen LogP contribution in [0.2, 0.25) is 0 Å². The number of carbonyl (C=O) groups is 1. The third-order valence-corrected chi connectivity index (χ3v) is 4.25. The maximum Gasteiger partial charge on any atom is 0.270 e. The van der Waals surface area contributed by atoms with Crippen LogP contribution in [0.15, 0.2) is 12.3 Å². The molecule has 0 spiro atoms. The molecule has 1 saturated heterocycles. The molecule has 2 aliphatic rings. The van der Waals surface area contributed by atoms with Gasteiger partial charge in [0, 0.05) is 32.4 Å². The van der Waals surface area contributed by atoms with Crippen LogP contribution < -0.4 is 0 Å². The van der Waals surface area contributed by atoms with Crippen LogP contribution in [-0.2, 0) is 4.74 Å². The maximum absolute atomic E-state index is 12.5. The summed E-state index contributed by atoms with van der Waals surface area (Å²) in [7, 11) is 2.12. The van der Waals surface area contributed by atoms with Gasteiger partial charge in [0.05, 0.1) is 18.3 Å². The lowest BCUT2D eigenvalue weighted by molar-refractivity contribution is -0.0335. The van der Waals surface area contributed by atoms with Crippen molar-refractivity contribution in [1.29, 1.82) is 5.26 Å². The number of carbonyl (C=O) groups excluding carboxylic acids is 1. The number of aromatic nitrogens is 1. The number of likely N-dealkylation sites (N-methyl/N-ethyl adjacent to an activating group) is 1. The molecular weight excluding hydrogens is 280 g/mol. The summed E-state index contributed by atoms with van der Waals surface area (Å²) in [5, 5.41) is 8.84. The van der Waals surface area contributed by atoms with E-state index >= 15 is 0 Å². The van der Waals surface area contributed by atoms with Crippen molar-refractivity contribution in [1.82, 2.24) is 14.8 Å². The summed E-state index contributed by atoms with van der Waals surface area (Å²) in [6.45, 7) is 3.75. The van der Waals surface area contributed by atoms with E-state index in [0.717, 1.165) is 19.0 Å². The minimum absolute atomic E-state index is 0.0559. The maximum atomic E-state index is 12.5. The topological polar surface area (TPSA) is 72.4 Å². The Kier molecular flexibility index (Phi) is 4.46. The number of nitriles is 1. The molecule has 2 heterocycles. The van der Waals surface area contributed by atoms with Gasteiger partial charge in [-0.25, -0.2) is 0 Å². The van der Waals surface area contributed by atoms with Gasteiger partial charge in [0.15, 0.2) is 0 Å². The number of nitrogens with one attached hydrogen (secondary N) is 1. The second-order valence-corrected chi connectivity index (χ2v) is 6.32. The molecule has 1 saturated carbocycles. The van der Waals surface area contributed by atoms with Crippen LogP contribution in [-0.4, -0.2) is 66.6 Å². The lowest BCUT2D eigenvalue weighted by atomic mass is 10.2. The molecule has 0 radical (unpaired) electrons. The molecule has 1 N–H and O–H groups in total. The fraction of sp³-hybridized carbons (Fsp3) is 0.625. The third-order valence-electron chi connectivity index (χ3n) is 4.25. The van der Waals surface area contributed by atoms with Crippen LogP contribution in [0.3, 0.4) is 0 Å². The lowest BCUT2D eigenvalue weighted by Crippen LogP contribution is -2.49. The second kappa shape index (κ2) is 6.51. The smallest absolute Gasteiger partial charge is 0.270 e. The van der Waals surface area contributed by atoms with E-state index in [1.54, 1.807) is 12.3 Å². The van der Waals surface area contributed by atoms with E-state index in [1.165, 1.54) is 12.8 Å². The first-order chi connectivity index (χ1) is 10.7. The standard InChI is InChI=1S/C16H22N4O2/c1-19(9-12-2-3-12)10-14-11-20(4-5-22-14)16(21)15-6-13(7-17)8-18-15/h6,8,12,14,18H,2-5,9-11H2,1H3/t14-/m1/s1. The Balaban J connectivity index is 1.55. The molecule has 1 aliphatic carbocycles. The van der Waals surface area contributed by atoms with Gasteiger partial charge in [-0.15, -0.1) is 0 Å². The molecule has 1 amide bonds. The van der Waals surface area contributed by atoms with Gasteiger partial charge in [-0.1, -0.05) is 0 Å². The quantitative estimate of drug-likeness (QED) is 0.883. The molecule has 0 unspecified atom stereocenters. The number of nitrogens with zero attached hydrogens (tertiary/aromatic N) is 3. The van der Waals surface area contributed by atoms with Crippen LogP contribution in [0.5, 0.6) is 0 Å². The van der Waals surface area contributed by atoms with Gasteiger partial charge < -0.3 is 19.5 Å². The average molecular weight is 302 g/mol. The Bertz CT molecular complexity index is 573. The number of amides is 1. The zero-order valence-electron chi connectivity index (χ0n) is 12.9. The van der Waals surface area contributed by atoms with E-state index in [-0.39, 0.29) is 12.0 Å². The molecule has 118 valence electrons. The van der Waals surface area contributed by atoms with E-state index < -0.39 is 0 Å². The van der Waals surface area contributed by atoms with Crippen LogP contribution >= 0.6 is 0 Å². The van der Waals surface area contributed by atoms with Gasteiger partial charge >= 0.3 is 0 Å². The monoisotopic (exact) mass is 302 g/mol. The van der Waals surface area contributed by atoms with Gasteiger partial charge in [-0.3, -0.25) is 4.79 Å². The Labute approximate surface area is 130 Å². The van der Waals surface area contributed by atoms with E-state index in [4.69, 9.17) is 10.00 Å². The number of rotatable bonds is 5. The predicted octanol–water partition coefficient (Wildman–Crippen LogP) is 1.07. The molecule has 1 aliphatic heterocycles. The number of morpholine rings is 1. The summed E-state index contributed by atoms with van der Waals surface area (Å²) in [4.78, 5) is 19.5. The molecule has 1 atom stereocenters. The van der Waals surface area contributed by atoms with Crippen molar-refractivity contribution in [3.8, 4) is 6.07 Å². The highest BCUT2D eigenvalue weighted by atomic mass is 16.5. The molecule has 0 bridgehead atoms. The van der Waals surface area contributed by atoms with Gasteiger partial charge in [0.25, 0.3) is 5.91 Å². The summed E-state index contributed by atoms with van der Waals surface area (Å²) >= 11 is 0. The second-order valence-electron chi connectivity index (χ2n) is 6.32. The first kappa shape index (κ1) is 15.1. The van der Waals surface area contributed by atoms with Crippen molar-refractivity contribution in [3.05, 3.63) is 23.5 Å². The zero-order chi connectivity index (χ0) is 15.5. The van der Waals surface area contributed by atoms with Crippen molar-refractivity contribution in [3.63, 3.8) is 0 Å². The molecular formula is C16H22N4O2. The summed E-state index contributed by atoms with van der Waals surface area (Å²) in [6, 6.07) is 3.63. The zero-order valence-corrected chi connectivity index (χ0v) is 12.9. The predicted molar refractivity (Wildman–Crippen MR) is 81.4 cm³/mol. The molecule has 1 aromatic rings. The van der Waals surface area contributed by atoms with Gasteiger partial charge in [-0.05, 0) is 31.9 Å². The van der Waals surface area contributed by atoms with Crippen molar-refractivity contribution in [2.45, 2.75) is 18.9 Å². The number of ether oxygens (including phenoxy) is 1. The van der Waals surface area contributed by atoms with Gasteiger partial charge in [0.1, 0.15) is 11.8 Å². The Morgan fingerprint density at radius 1 is 1.55 bits per heavy atom. The number of aromatic amines is 1. The SMILES string of the molecule is CN(CC1CC1)C[C@@H]1CN(C(=O)c2cc(C#N)c[nH]2)CCO1. The van der Waals surface area contributed by atoms with Gasteiger partial charge in [0.2, 0.25) is 0 Å². The highest BCUT2D eigenvalue weighted by molar-refractivity contribution is 5.93. The Morgan fingerprint density at radius 2 is 2.36 bits per heavy atom. The molecule has 1 aromatic heterocycles. The molecule has 2 fully saturated rings. The normalized spacial score (nSPS) is 21.9. The first-order valence-corrected chi connectivity index (χ1v) is 7.83. The van der Waals surface area contributed by atoms with E-state index in [2.05, 4.69) is 16.9 Å². The highest BCUT2D eigenvalue weighted by Crippen LogP contribution is 2.29. The fourth-order valence-electron chi connectivity index (χ4n) is 2.93. The Morgan fingerprint density at radius 3 is 3.05 bits per heavy atom. The number of H-pyrrole nitrogens is 1. The average Bonchev–Trinajstić information content (AvgIpc) is 3.19. The van der Waals surface area contributed by atoms with Crippen molar-refractivity contribution in [2.75, 3.05) is 39.8 Å².